The summed E-state index contributed by atoms with van der Waals surface area (Å²) in [6, 6.07) is 8.48. The topological polar surface area (TPSA) is 65.1 Å². The number of para-hydroxylation sites is 1. The van der Waals surface area contributed by atoms with Gasteiger partial charge in [0, 0.05) is 12.3 Å². The van der Waals surface area contributed by atoms with E-state index in [1.807, 2.05) is 30.3 Å². The molecule has 6 nitrogen and oxygen atoms in total. The van der Waals surface area contributed by atoms with Crippen molar-refractivity contribution in [3.05, 3.63) is 47.5 Å². The average molecular weight is 227 g/mol. The number of carbonyl (C=O) groups excluding carboxylic acids is 1. The number of hydrogen-bond acceptors (Lipinski definition) is 4. The van der Waals surface area contributed by atoms with Gasteiger partial charge in [-0.2, -0.15) is 5.01 Å². The summed E-state index contributed by atoms with van der Waals surface area (Å²) in [6.45, 7) is 0. The summed E-state index contributed by atoms with van der Waals surface area (Å²) in [7, 11) is 0. The van der Waals surface area contributed by atoms with Gasteiger partial charge in [-0.15, -0.1) is 0 Å². The van der Waals surface area contributed by atoms with Crippen molar-refractivity contribution in [2.45, 2.75) is 0 Å². The van der Waals surface area contributed by atoms with Crippen LogP contribution in [-0.2, 0) is 0 Å². The van der Waals surface area contributed by atoms with Crippen LogP contribution in [0.2, 0.25) is 0 Å². The van der Waals surface area contributed by atoms with E-state index in [1.54, 1.807) is 12.3 Å². The second-order valence-electron chi connectivity index (χ2n) is 3.49. The largest absolute Gasteiger partial charge is 0.518 e. The number of nitroso groups, excluding NO2 is 1. The number of amides is 2. The first-order valence-electron chi connectivity index (χ1n) is 4.97. The standard InChI is InChI=1S/C11H7N4O2/c16-11-12-9-6-7-14(13-10(9)15(11)17)8-4-2-1-3-5-8/h1-7H/q+1. The van der Waals surface area contributed by atoms with E-state index in [0.29, 0.717) is 5.71 Å². The third kappa shape index (κ3) is 1.46. The lowest BCUT2D eigenvalue weighted by atomic mass is 10.3. The van der Waals surface area contributed by atoms with Crippen LogP contribution in [0.1, 0.15) is 0 Å². The zero-order chi connectivity index (χ0) is 11.8. The van der Waals surface area contributed by atoms with Gasteiger partial charge < -0.3 is 0 Å². The van der Waals surface area contributed by atoms with Crippen LogP contribution in [0.3, 0.4) is 0 Å². The van der Waals surface area contributed by atoms with Gasteiger partial charge >= 0.3 is 11.9 Å². The Labute approximate surface area is 96.1 Å². The van der Waals surface area contributed by atoms with E-state index in [-0.39, 0.29) is 10.6 Å². The van der Waals surface area contributed by atoms with Gasteiger partial charge in [0.05, 0.1) is 10.4 Å². The molecule has 1 aromatic rings. The number of anilines is 1. The van der Waals surface area contributed by atoms with E-state index in [2.05, 4.69) is 10.1 Å². The van der Waals surface area contributed by atoms with Gasteiger partial charge in [0.15, 0.2) is 0 Å². The summed E-state index contributed by atoms with van der Waals surface area (Å²) in [5.41, 5.74) is 1.11. The number of hydrogen-bond donors (Lipinski definition) is 0. The number of carbonyl (C=O) groups is 1. The smallest absolute Gasteiger partial charge is 0.205 e. The van der Waals surface area contributed by atoms with Crippen LogP contribution < -0.4 is 5.01 Å². The van der Waals surface area contributed by atoms with Crippen molar-refractivity contribution in [3.63, 3.8) is 0 Å². The van der Waals surface area contributed by atoms with Crippen LogP contribution in [-0.4, -0.2) is 22.3 Å². The lowest BCUT2D eigenvalue weighted by Gasteiger charge is -2.11. The molecule has 0 aromatic heterocycles. The normalized spacial score (nSPS) is 18.0. The minimum absolute atomic E-state index is 0.0290. The molecule has 0 aliphatic carbocycles. The molecular weight excluding hydrogens is 220 g/mol. The molecule has 0 saturated carbocycles. The lowest BCUT2D eigenvalue weighted by Crippen LogP contribution is -2.27. The highest BCUT2D eigenvalue weighted by atomic mass is 16.3. The summed E-state index contributed by atoms with van der Waals surface area (Å²) in [5, 5.41) is 5.60. The van der Waals surface area contributed by atoms with Gasteiger partial charge in [0.25, 0.3) is 0 Å². The van der Waals surface area contributed by atoms with Gasteiger partial charge in [0.1, 0.15) is 0 Å². The molecule has 0 atom stereocenters. The number of aliphatic imine (C=N–C) groups is 1. The maximum absolute atomic E-state index is 11.4. The van der Waals surface area contributed by atoms with Crippen LogP contribution in [0.15, 0.2) is 52.7 Å². The minimum Gasteiger partial charge on any atom is -0.205 e. The molecule has 0 spiro atoms. The van der Waals surface area contributed by atoms with Crippen molar-refractivity contribution in [2.75, 3.05) is 5.01 Å². The van der Waals surface area contributed by atoms with Crippen LogP contribution in [0, 0.1) is 4.91 Å². The summed E-state index contributed by atoms with van der Waals surface area (Å²) in [6.07, 6.45) is 3.25. The van der Waals surface area contributed by atoms with Crippen molar-refractivity contribution in [1.29, 1.82) is 0 Å². The zero-order valence-corrected chi connectivity index (χ0v) is 8.65. The molecule has 2 aliphatic heterocycles. The van der Waals surface area contributed by atoms with Gasteiger partial charge in [-0.1, -0.05) is 28.1 Å². The molecule has 3 rings (SSSR count). The first-order chi connectivity index (χ1) is 8.25. The Hall–Kier alpha value is -2.63. The van der Waals surface area contributed by atoms with Crippen molar-refractivity contribution in [3.8, 4) is 0 Å². The van der Waals surface area contributed by atoms with Gasteiger partial charge in [-0.25, -0.2) is 4.79 Å². The fourth-order valence-corrected chi connectivity index (χ4v) is 1.60. The third-order valence-electron chi connectivity index (χ3n) is 2.41. The Bertz CT molecular complexity index is 601. The number of urea groups is 1. The number of amidine groups is 1. The maximum atomic E-state index is 11.4. The average Bonchev–Trinajstić information content (AvgIpc) is 2.66. The third-order valence-corrected chi connectivity index (χ3v) is 2.41. The molecule has 17 heavy (non-hydrogen) atoms. The number of benzene rings is 1. The monoisotopic (exact) mass is 227 g/mol. The quantitative estimate of drug-likeness (QED) is 0.685. The summed E-state index contributed by atoms with van der Waals surface area (Å²) in [4.78, 5) is 26.0. The molecule has 0 bridgehead atoms. The molecule has 2 aliphatic rings. The highest BCUT2D eigenvalue weighted by molar-refractivity contribution is 6.47. The first-order valence-corrected chi connectivity index (χ1v) is 4.97. The molecule has 6 heteroatoms. The first kappa shape index (κ1) is 9.59. The van der Waals surface area contributed by atoms with E-state index in [0.717, 1.165) is 5.69 Å². The number of hydrazone groups is 1. The van der Waals surface area contributed by atoms with E-state index in [9.17, 15) is 9.70 Å². The summed E-state index contributed by atoms with van der Waals surface area (Å²) < 4.78 is 0.189. The van der Waals surface area contributed by atoms with E-state index >= 15 is 0 Å². The molecule has 0 saturated heterocycles. The van der Waals surface area contributed by atoms with Crippen molar-refractivity contribution < 1.29 is 9.55 Å². The molecule has 82 valence electrons. The SMILES string of the molecule is O=C1N=C2C=CN(c3ccccc3)N=C2[N+]1=O. The van der Waals surface area contributed by atoms with Crippen LogP contribution in [0.4, 0.5) is 10.5 Å². The summed E-state index contributed by atoms with van der Waals surface area (Å²) in [5.74, 6) is 0.0290. The Morgan fingerprint density at radius 2 is 1.94 bits per heavy atom. The molecule has 0 fully saturated rings. The molecule has 0 N–H and O–H groups in total. The molecule has 2 heterocycles. The Kier molecular flexibility index (Phi) is 1.94. The molecular formula is C11H7N4O2+. The van der Waals surface area contributed by atoms with Crippen LogP contribution >= 0.6 is 0 Å². The number of nitrogens with zero attached hydrogens (tertiary/aromatic N) is 4. The highest BCUT2D eigenvalue weighted by Gasteiger charge is 2.41. The van der Waals surface area contributed by atoms with Crippen LogP contribution in [0.25, 0.3) is 0 Å². The predicted octanol–water partition coefficient (Wildman–Crippen LogP) is 1.69. The second-order valence-corrected chi connectivity index (χ2v) is 3.49. The predicted molar refractivity (Wildman–Crippen MR) is 62.0 cm³/mol. The fourth-order valence-electron chi connectivity index (χ4n) is 1.60. The number of rotatable bonds is 1. The number of fused-ring (bicyclic) bond motifs is 1. The maximum Gasteiger partial charge on any atom is 0.518 e. The van der Waals surface area contributed by atoms with E-state index in [4.69, 9.17) is 0 Å². The van der Waals surface area contributed by atoms with E-state index < -0.39 is 6.03 Å². The van der Waals surface area contributed by atoms with Crippen molar-refractivity contribution in [1.82, 2.24) is 0 Å². The molecule has 0 unspecified atom stereocenters. The Balaban J connectivity index is 2.01. The Morgan fingerprint density at radius 3 is 2.71 bits per heavy atom. The van der Waals surface area contributed by atoms with E-state index in [1.165, 1.54) is 5.01 Å². The Morgan fingerprint density at radius 1 is 1.18 bits per heavy atom. The molecule has 0 radical (unpaired) electrons. The highest BCUT2D eigenvalue weighted by Crippen LogP contribution is 2.18. The summed E-state index contributed by atoms with van der Waals surface area (Å²) >= 11 is 0. The lowest BCUT2D eigenvalue weighted by molar-refractivity contribution is -0.311. The fraction of sp³-hybridized carbons (Fsp3) is 0. The van der Waals surface area contributed by atoms with Gasteiger partial charge in [-0.05, 0) is 17.2 Å². The van der Waals surface area contributed by atoms with Crippen LogP contribution in [0.5, 0.6) is 0 Å². The zero-order valence-electron chi connectivity index (χ0n) is 8.65. The van der Waals surface area contributed by atoms with Gasteiger partial charge in [0.2, 0.25) is 5.71 Å². The molecule has 1 aromatic carbocycles. The van der Waals surface area contributed by atoms with Crippen molar-refractivity contribution in [2.24, 2.45) is 10.1 Å². The second kappa shape index (κ2) is 3.44. The minimum atomic E-state index is -0.835. The molecule has 2 amide bonds. The van der Waals surface area contributed by atoms with Gasteiger partial charge in [-0.3, -0.25) is 0 Å². The van der Waals surface area contributed by atoms with Crippen molar-refractivity contribution >= 4 is 23.3 Å².